The second-order valence-corrected chi connectivity index (χ2v) is 7.34. The third-order valence-corrected chi connectivity index (χ3v) is 5.09. The normalized spacial score (nSPS) is 12.2. The lowest BCUT2D eigenvalue weighted by molar-refractivity contribution is 0.760. The van der Waals surface area contributed by atoms with Gasteiger partial charge in [-0.3, -0.25) is 4.68 Å². The summed E-state index contributed by atoms with van der Waals surface area (Å²) in [5, 5.41) is 6.22. The van der Waals surface area contributed by atoms with Gasteiger partial charge in [0.1, 0.15) is 5.52 Å². The van der Waals surface area contributed by atoms with E-state index in [2.05, 4.69) is 82.8 Å². The lowest BCUT2D eigenvalue weighted by Gasteiger charge is -2.12. The summed E-state index contributed by atoms with van der Waals surface area (Å²) in [4.78, 5) is 0. The van der Waals surface area contributed by atoms with Crippen LogP contribution in [-0.2, 0) is 7.05 Å². The summed E-state index contributed by atoms with van der Waals surface area (Å²) in [7, 11) is 2.08. The van der Waals surface area contributed by atoms with E-state index in [9.17, 15) is 0 Å². The zero-order valence-corrected chi connectivity index (χ0v) is 17.0. The van der Waals surface area contributed by atoms with Crippen LogP contribution in [0.3, 0.4) is 0 Å². The zero-order valence-electron chi connectivity index (χ0n) is 17.0. The Labute approximate surface area is 157 Å². The highest BCUT2D eigenvalue weighted by atomic mass is 15.3. The largest absolute Gasteiger partial charge is 0.267 e. The van der Waals surface area contributed by atoms with E-state index >= 15 is 0 Å². The van der Waals surface area contributed by atoms with Crippen LogP contribution in [0.25, 0.3) is 27.6 Å². The Hall–Kier alpha value is -2.35. The van der Waals surface area contributed by atoms with Crippen molar-refractivity contribution < 1.29 is 0 Å². The smallest absolute Gasteiger partial charge is 0.101 e. The van der Waals surface area contributed by atoms with Crippen molar-refractivity contribution in [3.05, 3.63) is 58.8 Å². The van der Waals surface area contributed by atoms with Gasteiger partial charge in [-0.15, -0.1) is 0 Å². The van der Waals surface area contributed by atoms with Gasteiger partial charge in [0.05, 0.1) is 5.69 Å². The van der Waals surface area contributed by atoms with Gasteiger partial charge in [-0.05, 0) is 55.9 Å². The molecule has 0 radical (unpaired) electrons. The fourth-order valence-electron chi connectivity index (χ4n) is 4.24. The van der Waals surface area contributed by atoms with Crippen molar-refractivity contribution in [2.75, 3.05) is 0 Å². The second-order valence-electron chi connectivity index (χ2n) is 7.34. The summed E-state index contributed by atoms with van der Waals surface area (Å²) < 4.78 is 2.07. The average molecular weight is 347 g/mol. The van der Waals surface area contributed by atoms with Crippen molar-refractivity contribution >= 4 is 16.5 Å². The van der Waals surface area contributed by atoms with Crippen LogP contribution >= 0.6 is 0 Å². The maximum atomic E-state index is 4.96. The van der Waals surface area contributed by atoms with Crippen LogP contribution in [0.4, 0.5) is 0 Å². The summed E-state index contributed by atoms with van der Waals surface area (Å²) in [5.41, 5.74) is 10.3. The summed E-state index contributed by atoms with van der Waals surface area (Å²) in [6.45, 7) is 11.0. The predicted octanol–water partition coefficient (Wildman–Crippen LogP) is 6.76. The van der Waals surface area contributed by atoms with Gasteiger partial charge in [-0.1, -0.05) is 62.2 Å². The quantitative estimate of drug-likeness (QED) is 0.499. The van der Waals surface area contributed by atoms with Crippen molar-refractivity contribution in [3.8, 4) is 11.1 Å². The number of hydrogen-bond donors (Lipinski definition) is 0. The van der Waals surface area contributed by atoms with E-state index in [1.54, 1.807) is 0 Å². The Morgan fingerprint density at radius 3 is 2.38 bits per heavy atom. The van der Waals surface area contributed by atoms with E-state index in [4.69, 9.17) is 5.10 Å². The average Bonchev–Trinajstić information content (AvgIpc) is 2.90. The lowest BCUT2D eigenvalue weighted by Crippen LogP contribution is -1.98. The first-order chi connectivity index (χ1) is 12.5. The highest BCUT2D eigenvalue weighted by Crippen LogP contribution is 2.36. The van der Waals surface area contributed by atoms with E-state index in [-0.39, 0.29) is 0 Å². The standard InChI is InChI=1S/C24H30N2/c1-7-10-19(11-8-2)24-21-13-9-12-20(23(21)25-26(24)6)22-17(4)14-16(3)15-18(22)5/h9-10,12-15H,7-8,11H2,1-6H3/b19-10+. The Morgan fingerprint density at radius 1 is 1.08 bits per heavy atom. The number of aromatic nitrogens is 2. The second kappa shape index (κ2) is 7.49. The molecular formula is C24H30N2. The van der Waals surface area contributed by atoms with E-state index in [1.165, 1.54) is 44.5 Å². The van der Waals surface area contributed by atoms with Crippen LogP contribution in [0.1, 0.15) is 55.5 Å². The fourth-order valence-corrected chi connectivity index (χ4v) is 4.24. The predicted molar refractivity (Wildman–Crippen MR) is 114 cm³/mol. The number of fused-ring (bicyclic) bond motifs is 1. The molecule has 2 heteroatoms. The molecule has 0 aliphatic carbocycles. The molecule has 0 amide bonds. The van der Waals surface area contributed by atoms with Crippen LogP contribution < -0.4 is 0 Å². The summed E-state index contributed by atoms with van der Waals surface area (Å²) >= 11 is 0. The molecule has 0 saturated carbocycles. The van der Waals surface area contributed by atoms with Crippen molar-refractivity contribution in [1.82, 2.24) is 9.78 Å². The minimum Gasteiger partial charge on any atom is -0.267 e. The summed E-state index contributed by atoms with van der Waals surface area (Å²) in [6.07, 6.45) is 5.65. The number of rotatable bonds is 5. The van der Waals surface area contributed by atoms with E-state index < -0.39 is 0 Å². The van der Waals surface area contributed by atoms with Gasteiger partial charge < -0.3 is 0 Å². The molecule has 3 aromatic rings. The van der Waals surface area contributed by atoms with Crippen LogP contribution in [-0.4, -0.2) is 9.78 Å². The Balaban J connectivity index is 2.29. The molecule has 0 unspecified atom stereocenters. The van der Waals surface area contributed by atoms with E-state index in [1.807, 2.05) is 0 Å². The molecule has 2 aromatic carbocycles. The Morgan fingerprint density at radius 2 is 1.77 bits per heavy atom. The highest BCUT2D eigenvalue weighted by Gasteiger charge is 2.17. The number of nitrogens with zero attached hydrogens (tertiary/aromatic N) is 2. The molecule has 2 nitrogen and oxygen atoms in total. The number of benzene rings is 2. The minimum absolute atomic E-state index is 1.05. The van der Waals surface area contributed by atoms with Gasteiger partial charge in [0.2, 0.25) is 0 Å². The number of aryl methyl sites for hydroxylation is 4. The first-order valence-corrected chi connectivity index (χ1v) is 9.71. The van der Waals surface area contributed by atoms with Crippen LogP contribution in [0.2, 0.25) is 0 Å². The van der Waals surface area contributed by atoms with Crippen LogP contribution in [0.5, 0.6) is 0 Å². The molecule has 0 spiro atoms. The van der Waals surface area contributed by atoms with E-state index in [0.717, 1.165) is 24.8 Å². The zero-order chi connectivity index (χ0) is 18.8. The van der Waals surface area contributed by atoms with Gasteiger partial charge in [-0.25, -0.2) is 0 Å². The highest BCUT2D eigenvalue weighted by molar-refractivity contribution is 6.00. The molecule has 3 rings (SSSR count). The SMILES string of the molecule is CC/C=C(\CCC)c1c2cccc(-c3c(C)cc(C)cc3C)c2nn1C. The van der Waals surface area contributed by atoms with E-state index in [0.29, 0.717) is 0 Å². The topological polar surface area (TPSA) is 17.8 Å². The minimum atomic E-state index is 1.05. The van der Waals surface area contributed by atoms with Crippen molar-refractivity contribution in [2.45, 2.75) is 53.9 Å². The molecule has 136 valence electrons. The van der Waals surface area contributed by atoms with Gasteiger partial charge in [0.15, 0.2) is 0 Å². The first kappa shape index (κ1) is 18.4. The molecule has 0 saturated heterocycles. The molecule has 26 heavy (non-hydrogen) atoms. The molecule has 0 N–H and O–H groups in total. The Kier molecular flexibility index (Phi) is 5.31. The molecule has 0 bridgehead atoms. The van der Waals surface area contributed by atoms with Crippen molar-refractivity contribution in [2.24, 2.45) is 7.05 Å². The van der Waals surface area contributed by atoms with Gasteiger partial charge in [-0.2, -0.15) is 5.10 Å². The third-order valence-electron chi connectivity index (χ3n) is 5.09. The van der Waals surface area contributed by atoms with Crippen molar-refractivity contribution in [3.63, 3.8) is 0 Å². The molecule has 0 aliphatic heterocycles. The lowest BCUT2D eigenvalue weighted by atomic mass is 9.92. The van der Waals surface area contributed by atoms with Crippen LogP contribution in [0.15, 0.2) is 36.4 Å². The van der Waals surface area contributed by atoms with Crippen LogP contribution in [0, 0.1) is 20.8 Å². The monoisotopic (exact) mass is 346 g/mol. The van der Waals surface area contributed by atoms with Gasteiger partial charge in [0, 0.05) is 18.0 Å². The third kappa shape index (κ3) is 3.21. The van der Waals surface area contributed by atoms with Gasteiger partial charge in [0.25, 0.3) is 0 Å². The summed E-state index contributed by atoms with van der Waals surface area (Å²) in [6, 6.07) is 11.2. The number of allylic oxidation sites excluding steroid dienone is 2. The maximum Gasteiger partial charge on any atom is 0.101 e. The first-order valence-electron chi connectivity index (χ1n) is 9.71. The molecule has 1 heterocycles. The Bertz CT molecular complexity index is 950. The molecule has 1 aromatic heterocycles. The maximum absolute atomic E-state index is 4.96. The van der Waals surface area contributed by atoms with Gasteiger partial charge >= 0.3 is 0 Å². The molecular weight excluding hydrogens is 316 g/mol. The number of hydrogen-bond acceptors (Lipinski definition) is 1. The molecule has 0 fully saturated rings. The van der Waals surface area contributed by atoms with Crippen molar-refractivity contribution in [1.29, 1.82) is 0 Å². The summed E-state index contributed by atoms with van der Waals surface area (Å²) in [5.74, 6) is 0. The fraction of sp³-hybridized carbons (Fsp3) is 0.375. The molecule has 0 atom stereocenters. The molecule has 0 aliphatic rings.